The molecule has 0 saturated carbocycles. The molecule has 2 aromatic rings. The number of nitrogens with zero attached hydrogens (tertiary/aromatic N) is 5. The zero-order valence-electron chi connectivity index (χ0n) is 17.9. The third kappa shape index (κ3) is 4.87. The van der Waals surface area contributed by atoms with Crippen LogP contribution in [0.1, 0.15) is 18.4 Å². The van der Waals surface area contributed by atoms with Gasteiger partial charge in [-0.3, -0.25) is 14.7 Å². The molecular formula is C22H27N5O4. The molecule has 0 spiro atoms. The normalized spacial score (nSPS) is 19.0. The van der Waals surface area contributed by atoms with Crippen LogP contribution in [0, 0.1) is 6.92 Å². The fourth-order valence-corrected chi connectivity index (χ4v) is 3.87. The molecule has 1 aromatic heterocycles. The van der Waals surface area contributed by atoms with Gasteiger partial charge in [-0.25, -0.2) is 4.79 Å². The molecule has 9 nitrogen and oxygen atoms in total. The highest BCUT2D eigenvalue weighted by atomic mass is 16.5. The molecule has 2 aliphatic rings. The van der Waals surface area contributed by atoms with Crippen molar-refractivity contribution in [1.29, 1.82) is 0 Å². The van der Waals surface area contributed by atoms with Crippen LogP contribution < -0.4 is 14.4 Å². The van der Waals surface area contributed by atoms with E-state index in [4.69, 9.17) is 9.47 Å². The second kappa shape index (κ2) is 9.20. The molecule has 3 heterocycles. The minimum Gasteiger partial charge on any atom is -0.480 e. The number of hydrogen-bond donors (Lipinski definition) is 0. The second-order valence-electron chi connectivity index (χ2n) is 7.81. The van der Waals surface area contributed by atoms with E-state index >= 15 is 0 Å². The van der Waals surface area contributed by atoms with E-state index in [-0.39, 0.29) is 24.6 Å². The van der Waals surface area contributed by atoms with Crippen LogP contribution in [0.5, 0.6) is 11.8 Å². The first-order chi connectivity index (χ1) is 15.0. The highest BCUT2D eigenvalue weighted by Crippen LogP contribution is 2.22. The largest absolute Gasteiger partial charge is 0.480 e. The first-order valence-electron chi connectivity index (χ1n) is 10.5. The monoisotopic (exact) mass is 425 g/mol. The fourth-order valence-electron chi connectivity index (χ4n) is 3.87. The van der Waals surface area contributed by atoms with E-state index in [2.05, 4.69) is 9.97 Å². The number of methoxy groups -OCH3 is 1. The number of benzene rings is 1. The molecule has 0 bridgehead atoms. The minimum atomic E-state index is -0.169. The van der Waals surface area contributed by atoms with Crippen LogP contribution in [0.3, 0.4) is 0 Å². The van der Waals surface area contributed by atoms with E-state index in [1.807, 2.05) is 31.2 Å². The van der Waals surface area contributed by atoms with Gasteiger partial charge in [-0.2, -0.15) is 4.98 Å². The van der Waals surface area contributed by atoms with Crippen LogP contribution >= 0.6 is 0 Å². The molecule has 31 heavy (non-hydrogen) atoms. The zero-order chi connectivity index (χ0) is 21.8. The molecule has 2 aliphatic heterocycles. The first-order valence-corrected chi connectivity index (χ1v) is 10.5. The Kier molecular flexibility index (Phi) is 6.20. The highest BCUT2D eigenvalue weighted by molar-refractivity contribution is 5.96. The van der Waals surface area contributed by atoms with Crippen molar-refractivity contribution in [2.45, 2.75) is 25.9 Å². The molecule has 0 N–H and O–H groups in total. The van der Waals surface area contributed by atoms with Gasteiger partial charge < -0.3 is 19.3 Å². The van der Waals surface area contributed by atoms with Crippen LogP contribution in [0.4, 0.5) is 10.5 Å². The second-order valence-corrected chi connectivity index (χ2v) is 7.81. The Bertz CT molecular complexity index is 936. The van der Waals surface area contributed by atoms with Gasteiger partial charge in [0.05, 0.1) is 26.0 Å². The smallest absolute Gasteiger partial charge is 0.325 e. The lowest BCUT2D eigenvalue weighted by molar-refractivity contribution is -0.134. The van der Waals surface area contributed by atoms with Crippen molar-refractivity contribution in [3.63, 3.8) is 0 Å². The maximum Gasteiger partial charge on any atom is 0.325 e. The van der Waals surface area contributed by atoms with Gasteiger partial charge >= 0.3 is 6.03 Å². The fraction of sp³-hybridized carbons (Fsp3) is 0.455. The molecule has 3 amide bonds. The van der Waals surface area contributed by atoms with Gasteiger partial charge in [0.1, 0.15) is 12.6 Å². The van der Waals surface area contributed by atoms with E-state index in [0.29, 0.717) is 37.9 Å². The lowest BCUT2D eigenvalue weighted by Gasteiger charge is -2.33. The Morgan fingerprint density at radius 3 is 2.68 bits per heavy atom. The number of aromatic nitrogens is 2. The van der Waals surface area contributed by atoms with E-state index in [9.17, 15) is 9.59 Å². The standard InChI is InChI=1S/C22H27N5O4/c1-16-5-7-17(8-6-16)27-11-10-26(22(27)29)15-21(28)25-9-3-4-18(14-25)31-20-13-23-12-19(24-20)30-2/h5-8,12-13,18H,3-4,9-11,14-15H2,1-2H3. The molecule has 4 rings (SSSR count). The summed E-state index contributed by atoms with van der Waals surface area (Å²) in [6.07, 6.45) is 4.53. The van der Waals surface area contributed by atoms with E-state index < -0.39 is 0 Å². The number of carbonyl (C=O) groups is 2. The number of ether oxygens (including phenoxy) is 2. The Labute approximate surface area is 181 Å². The minimum absolute atomic E-state index is 0.0656. The van der Waals surface area contributed by atoms with Crippen molar-refractivity contribution in [3.8, 4) is 11.8 Å². The number of piperidine rings is 1. The molecule has 9 heteroatoms. The SMILES string of the molecule is COc1cncc(OC2CCCN(C(=O)CN3CCN(c4ccc(C)cc4)C3=O)C2)n1. The molecule has 0 aliphatic carbocycles. The van der Waals surface area contributed by atoms with Gasteiger partial charge in [0, 0.05) is 25.3 Å². The number of rotatable bonds is 6. The van der Waals surface area contributed by atoms with E-state index in [1.165, 1.54) is 19.5 Å². The Hall–Kier alpha value is -3.36. The Morgan fingerprint density at radius 2 is 1.90 bits per heavy atom. The molecule has 164 valence electrons. The Balaban J connectivity index is 1.33. The van der Waals surface area contributed by atoms with Crippen molar-refractivity contribution in [2.24, 2.45) is 0 Å². The molecule has 1 unspecified atom stereocenters. The van der Waals surface area contributed by atoms with Gasteiger partial charge in [0.15, 0.2) is 0 Å². The van der Waals surface area contributed by atoms with Crippen molar-refractivity contribution >= 4 is 17.6 Å². The van der Waals surface area contributed by atoms with Crippen molar-refractivity contribution in [3.05, 3.63) is 42.2 Å². The van der Waals surface area contributed by atoms with Crippen LogP contribution in [-0.2, 0) is 4.79 Å². The summed E-state index contributed by atoms with van der Waals surface area (Å²) in [4.78, 5) is 39.1. The molecule has 0 radical (unpaired) electrons. The van der Waals surface area contributed by atoms with Gasteiger partial charge in [-0.1, -0.05) is 17.7 Å². The summed E-state index contributed by atoms with van der Waals surface area (Å²) in [5, 5.41) is 0. The maximum absolute atomic E-state index is 12.9. The van der Waals surface area contributed by atoms with Crippen molar-refractivity contribution in [2.75, 3.05) is 44.7 Å². The van der Waals surface area contributed by atoms with Crippen LogP contribution in [0.15, 0.2) is 36.7 Å². The molecule has 2 fully saturated rings. The molecule has 2 saturated heterocycles. The molecule has 1 aromatic carbocycles. The average Bonchev–Trinajstić information content (AvgIpc) is 3.14. The summed E-state index contributed by atoms with van der Waals surface area (Å²) in [6, 6.07) is 7.71. The summed E-state index contributed by atoms with van der Waals surface area (Å²) < 4.78 is 11.0. The number of carbonyl (C=O) groups excluding carboxylic acids is 2. The number of amides is 3. The summed E-state index contributed by atoms with van der Waals surface area (Å²) in [6.45, 7) is 4.32. The molecule has 1 atom stereocenters. The maximum atomic E-state index is 12.9. The highest BCUT2D eigenvalue weighted by Gasteiger charge is 2.33. The number of anilines is 1. The lowest BCUT2D eigenvalue weighted by atomic mass is 10.1. The topological polar surface area (TPSA) is 88.1 Å². The van der Waals surface area contributed by atoms with Gasteiger partial charge in [0.2, 0.25) is 17.7 Å². The van der Waals surface area contributed by atoms with Gasteiger partial charge in [-0.15, -0.1) is 0 Å². The van der Waals surface area contributed by atoms with Crippen molar-refractivity contribution < 1.29 is 19.1 Å². The number of aryl methyl sites for hydroxylation is 1. The van der Waals surface area contributed by atoms with Crippen molar-refractivity contribution in [1.82, 2.24) is 19.8 Å². The van der Waals surface area contributed by atoms with Gasteiger partial charge in [-0.05, 0) is 31.9 Å². The third-order valence-electron chi connectivity index (χ3n) is 5.58. The predicted octanol–water partition coefficient (Wildman–Crippen LogP) is 2.11. The Morgan fingerprint density at radius 1 is 1.13 bits per heavy atom. The number of urea groups is 1. The lowest BCUT2D eigenvalue weighted by Crippen LogP contribution is -2.48. The predicted molar refractivity (Wildman–Crippen MR) is 114 cm³/mol. The van der Waals surface area contributed by atoms with Crippen LogP contribution in [0.25, 0.3) is 0 Å². The summed E-state index contributed by atoms with van der Waals surface area (Å²) in [7, 11) is 1.52. The number of hydrogen-bond acceptors (Lipinski definition) is 6. The average molecular weight is 425 g/mol. The molecular weight excluding hydrogens is 398 g/mol. The van der Waals surface area contributed by atoms with E-state index in [1.54, 1.807) is 14.7 Å². The van der Waals surface area contributed by atoms with Gasteiger partial charge in [0.25, 0.3) is 0 Å². The van der Waals surface area contributed by atoms with Crippen LogP contribution in [-0.4, -0.2) is 77.6 Å². The van der Waals surface area contributed by atoms with Crippen LogP contribution in [0.2, 0.25) is 0 Å². The third-order valence-corrected chi connectivity index (χ3v) is 5.58. The summed E-state index contributed by atoms with van der Waals surface area (Å²) >= 11 is 0. The van der Waals surface area contributed by atoms with E-state index in [0.717, 1.165) is 24.1 Å². The summed E-state index contributed by atoms with van der Waals surface area (Å²) in [5.74, 6) is 0.693. The first kappa shape index (κ1) is 20.9. The number of likely N-dealkylation sites (tertiary alicyclic amines) is 1. The quantitative estimate of drug-likeness (QED) is 0.704. The zero-order valence-corrected chi connectivity index (χ0v) is 17.9. The summed E-state index contributed by atoms with van der Waals surface area (Å²) in [5.41, 5.74) is 2.00.